The summed E-state index contributed by atoms with van der Waals surface area (Å²) in [4.78, 5) is 0. The predicted molar refractivity (Wildman–Crippen MR) is 78.6 cm³/mol. The van der Waals surface area contributed by atoms with Crippen LogP contribution in [0.3, 0.4) is 0 Å². The van der Waals surface area contributed by atoms with Crippen molar-refractivity contribution in [2.75, 3.05) is 0 Å². The molecule has 0 bridgehead atoms. The summed E-state index contributed by atoms with van der Waals surface area (Å²) in [5, 5.41) is 0. The lowest BCUT2D eigenvalue weighted by Crippen LogP contribution is -2.47. The number of rotatable bonds is 3. The number of benzene rings is 1. The van der Waals surface area contributed by atoms with Gasteiger partial charge in [0.2, 0.25) is 0 Å². The van der Waals surface area contributed by atoms with E-state index < -0.39 is 0 Å². The number of hydrogen-bond acceptors (Lipinski definition) is 1. The second kappa shape index (κ2) is 5.44. The van der Waals surface area contributed by atoms with Gasteiger partial charge in [-0.3, -0.25) is 0 Å². The van der Waals surface area contributed by atoms with Crippen molar-refractivity contribution in [1.29, 1.82) is 0 Å². The van der Waals surface area contributed by atoms with E-state index in [0.29, 0.717) is 0 Å². The van der Waals surface area contributed by atoms with Crippen LogP contribution in [0.2, 0.25) is 0 Å². The fourth-order valence-corrected chi connectivity index (χ4v) is 3.36. The van der Waals surface area contributed by atoms with E-state index in [2.05, 4.69) is 45.0 Å². The first-order valence-corrected chi connectivity index (χ1v) is 7.33. The summed E-state index contributed by atoms with van der Waals surface area (Å²) in [5.74, 6) is 1.58. The van der Waals surface area contributed by atoms with Crippen LogP contribution in [0.4, 0.5) is 0 Å². The zero-order chi connectivity index (χ0) is 13.2. The first-order valence-electron chi connectivity index (χ1n) is 7.33. The molecule has 2 atom stereocenters. The fourth-order valence-electron chi connectivity index (χ4n) is 3.36. The van der Waals surface area contributed by atoms with Crippen molar-refractivity contribution in [3.05, 3.63) is 35.4 Å². The molecule has 0 aliphatic heterocycles. The van der Waals surface area contributed by atoms with Crippen LogP contribution in [0.25, 0.3) is 0 Å². The number of aryl methyl sites for hydroxylation is 1. The van der Waals surface area contributed by atoms with Crippen molar-refractivity contribution in [1.82, 2.24) is 0 Å². The molecule has 2 rings (SSSR count). The predicted octanol–water partition coefficient (Wildman–Crippen LogP) is 4.08. The zero-order valence-electron chi connectivity index (χ0n) is 12.1. The Morgan fingerprint density at radius 3 is 2.72 bits per heavy atom. The summed E-state index contributed by atoms with van der Waals surface area (Å²) in [6.07, 6.45) is 6.09. The van der Waals surface area contributed by atoms with Gasteiger partial charge in [-0.15, -0.1) is 0 Å². The van der Waals surface area contributed by atoms with Gasteiger partial charge in [-0.25, -0.2) is 0 Å². The standard InChI is InChI=1S/C17H27N/c1-13(2)15-9-6-10-17(18,11-15)12-16-8-5-4-7-14(16)3/h4-5,7-8,13,15H,6,9-12,18H2,1-3H3. The van der Waals surface area contributed by atoms with Crippen molar-refractivity contribution in [3.8, 4) is 0 Å². The highest BCUT2D eigenvalue weighted by molar-refractivity contribution is 5.27. The van der Waals surface area contributed by atoms with Gasteiger partial charge in [-0.05, 0) is 49.1 Å². The Balaban J connectivity index is 2.09. The van der Waals surface area contributed by atoms with Gasteiger partial charge in [0, 0.05) is 5.54 Å². The average molecular weight is 245 g/mol. The second-order valence-electron chi connectivity index (χ2n) is 6.57. The van der Waals surface area contributed by atoms with Crippen LogP contribution < -0.4 is 5.73 Å². The summed E-state index contributed by atoms with van der Waals surface area (Å²) in [7, 11) is 0. The van der Waals surface area contributed by atoms with E-state index in [1.165, 1.54) is 36.8 Å². The third-order valence-corrected chi connectivity index (χ3v) is 4.66. The second-order valence-corrected chi connectivity index (χ2v) is 6.57. The monoisotopic (exact) mass is 245 g/mol. The normalized spacial score (nSPS) is 28.6. The molecule has 1 aromatic rings. The van der Waals surface area contributed by atoms with E-state index in [0.717, 1.165) is 18.3 Å². The van der Waals surface area contributed by atoms with E-state index in [1.807, 2.05) is 0 Å². The molecule has 0 spiro atoms. The highest BCUT2D eigenvalue weighted by Crippen LogP contribution is 2.37. The molecule has 1 aliphatic carbocycles. The van der Waals surface area contributed by atoms with Crippen molar-refractivity contribution in [3.63, 3.8) is 0 Å². The van der Waals surface area contributed by atoms with Crippen LogP contribution in [-0.2, 0) is 6.42 Å². The first-order chi connectivity index (χ1) is 8.50. The molecule has 1 aromatic carbocycles. The van der Waals surface area contributed by atoms with E-state index in [1.54, 1.807) is 0 Å². The van der Waals surface area contributed by atoms with Gasteiger partial charge in [0.25, 0.3) is 0 Å². The molecule has 0 amide bonds. The maximum Gasteiger partial charge on any atom is 0.0197 e. The molecule has 1 saturated carbocycles. The minimum absolute atomic E-state index is 0.0271. The van der Waals surface area contributed by atoms with Crippen LogP contribution >= 0.6 is 0 Å². The van der Waals surface area contributed by atoms with Gasteiger partial charge in [0.15, 0.2) is 0 Å². The Hall–Kier alpha value is -0.820. The van der Waals surface area contributed by atoms with Crippen molar-refractivity contribution >= 4 is 0 Å². The number of nitrogens with two attached hydrogens (primary N) is 1. The highest BCUT2D eigenvalue weighted by Gasteiger charge is 2.34. The molecule has 0 radical (unpaired) electrons. The van der Waals surface area contributed by atoms with Crippen LogP contribution in [0.15, 0.2) is 24.3 Å². The van der Waals surface area contributed by atoms with Gasteiger partial charge >= 0.3 is 0 Å². The molecular formula is C17H27N. The van der Waals surface area contributed by atoms with E-state index >= 15 is 0 Å². The van der Waals surface area contributed by atoms with Crippen LogP contribution in [-0.4, -0.2) is 5.54 Å². The molecule has 0 heterocycles. The van der Waals surface area contributed by atoms with Gasteiger partial charge in [0.1, 0.15) is 0 Å². The third-order valence-electron chi connectivity index (χ3n) is 4.66. The van der Waals surface area contributed by atoms with Crippen LogP contribution in [0.5, 0.6) is 0 Å². The maximum absolute atomic E-state index is 6.69. The maximum atomic E-state index is 6.69. The summed E-state index contributed by atoms with van der Waals surface area (Å²) in [5.41, 5.74) is 9.53. The first kappa shape index (κ1) is 13.6. The lowest BCUT2D eigenvalue weighted by Gasteiger charge is -2.40. The van der Waals surface area contributed by atoms with E-state index in [-0.39, 0.29) is 5.54 Å². The SMILES string of the molecule is Cc1ccccc1CC1(N)CCCC(C(C)C)C1. The molecule has 18 heavy (non-hydrogen) atoms. The minimum atomic E-state index is 0.0271. The summed E-state index contributed by atoms with van der Waals surface area (Å²) < 4.78 is 0. The van der Waals surface area contributed by atoms with E-state index in [9.17, 15) is 0 Å². The molecule has 100 valence electrons. The zero-order valence-corrected chi connectivity index (χ0v) is 12.1. The van der Waals surface area contributed by atoms with Crippen molar-refractivity contribution in [2.24, 2.45) is 17.6 Å². The summed E-state index contributed by atoms with van der Waals surface area (Å²) in [6.45, 7) is 6.87. The lowest BCUT2D eigenvalue weighted by molar-refractivity contribution is 0.182. The topological polar surface area (TPSA) is 26.0 Å². The van der Waals surface area contributed by atoms with Crippen LogP contribution in [0.1, 0.15) is 50.7 Å². The Morgan fingerprint density at radius 1 is 1.33 bits per heavy atom. The summed E-state index contributed by atoms with van der Waals surface area (Å²) >= 11 is 0. The van der Waals surface area contributed by atoms with E-state index in [4.69, 9.17) is 5.73 Å². The Bertz CT molecular complexity index is 396. The molecule has 2 N–H and O–H groups in total. The van der Waals surface area contributed by atoms with Gasteiger partial charge in [-0.2, -0.15) is 0 Å². The van der Waals surface area contributed by atoms with Crippen molar-refractivity contribution in [2.45, 2.75) is 58.4 Å². The van der Waals surface area contributed by atoms with Gasteiger partial charge < -0.3 is 5.73 Å². The molecule has 2 unspecified atom stereocenters. The van der Waals surface area contributed by atoms with Crippen LogP contribution in [0, 0.1) is 18.8 Å². The molecule has 1 heteroatoms. The Labute approximate surface area is 112 Å². The minimum Gasteiger partial charge on any atom is -0.325 e. The quantitative estimate of drug-likeness (QED) is 0.853. The number of hydrogen-bond donors (Lipinski definition) is 1. The average Bonchev–Trinajstić information content (AvgIpc) is 2.32. The molecule has 1 fully saturated rings. The lowest BCUT2D eigenvalue weighted by atomic mass is 9.70. The molecule has 1 aliphatic rings. The fraction of sp³-hybridized carbons (Fsp3) is 0.647. The molecular weight excluding hydrogens is 218 g/mol. The molecule has 0 aromatic heterocycles. The highest BCUT2D eigenvalue weighted by atomic mass is 14.7. The largest absolute Gasteiger partial charge is 0.325 e. The van der Waals surface area contributed by atoms with Crippen molar-refractivity contribution < 1.29 is 0 Å². The van der Waals surface area contributed by atoms with Gasteiger partial charge in [0.05, 0.1) is 0 Å². The smallest absolute Gasteiger partial charge is 0.0197 e. The summed E-state index contributed by atoms with van der Waals surface area (Å²) in [6, 6.07) is 8.68. The molecule has 0 saturated heterocycles. The third kappa shape index (κ3) is 3.14. The molecule has 1 nitrogen and oxygen atoms in total. The van der Waals surface area contributed by atoms with Gasteiger partial charge in [-0.1, -0.05) is 51.0 Å². The Morgan fingerprint density at radius 2 is 2.06 bits per heavy atom. The Kier molecular flexibility index (Phi) is 4.11.